The number of pyridine rings is 1. The Balaban J connectivity index is 2.28. The number of nitrogens with zero attached hydrogens (tertiary/aromatic N) is 1. The number of hydrogen-bond acceptors (Lipinski definition) is 4. The standard InChI is InChI=1S/C13H11FN4O3/c14-10-2-1-8(6-9(10)12(15)18-21)17-13(20)7-3-4-16-11(19)5-7/h1-6,21H,(H2,15,18)(H,16,19)(H,17,20). The average Bonchev–Trinajstić information content (AvgIpc) is 2.48. The Bertz CT molecular complexity index is 770. The van der Waals surface area contributed by atoms with E-state index in [-0.39, 0.29) is 16.8 Å². The summed E-state index contributed by atoms with van der Waals surface area (Å²) in [6, 6.07) is 6.15. The van der Waals surface area contributed by atoms with Crippen molar-refractivity contribution in [3.8, 4) is 0 Å². The fraction of sp³-hybridized carbons (Fsp3) is 0. The Hall–Kier alpha value is -3.16. The summed E-state index contributed by atoms with van der Waals surface area (Å²) in [5.41, 5.74) is 5.14. The van der Waals surface area contributed by atoms with Gasteiger partial charge >= 0.3 is 0 Å². The summed E-state index contributed by atoms with van der Waals surface area (Å²) in [6.07, 6.45) is 1.34. The number of nitrogens with two attached hydrogens (primary N) is 1. The molecule has 0 saturated heterocycles. The molecule has 8 heteroatoms. The quantitative estimate of drug-likeness (QED) is 0.290. The zero-order chi connectivity index (χ0) is 15.4. The summed E-state index contributed by atoms with van der Waals surface area (Å²) < 4.78 is 13.5. The van der Waals surface area contributed by atoms with Crippen LogP contribution in [0.5, 0.6) is 0 Å². The largest absolute Gasteiger partial charge is 0.409 e. The van der Waals surface area contributed by atoms with Gasteiger partial charge in [0.15, 0.2) is 5.84 Å². The third-order valence-corrected chi connectivity index (χ3v) is 2.65. The first kappa shape index (κ1) is 14.3. The van der Waals surface area contributed by atoms with Gasteiger partial charge in [-0.3, -0.25) is 9.59 Å². The maximum absolute atomic E-state index is 13.5. The third-order valence-electron chi connectivity index (χ3n) is 2.65. The summed E-state index contributed by atoms with van der Waals surface area (Å²) in [5, 5.41) is 13.8. The molecule has 21 heavy (non-hydrogen) atoms. The van der Waals surface area contributed by atoms with Crippen molar-refractivity contribution in [3.63, 3.8) is 0 Å². The van der Waals surface area contributed by atoms with E-state index in [0.717, 1.165) is 12.1 Å². The van der Waals surface area contributed by atoms with Crippen LogP contribution in [0.3, 0.4) is 0 Å². The van der Waals surface area contributed by atoms with Crippen molar-refractivity contribution in [3.05, 3.63) is 63.8 Å². The molecule has 2 aromatic rings. The lowest BCUT2D eigenvalue weighted by atomic mass is 10.1. The van der Waals surface area contributed by atoms with Crippen molar-refractivity contribution in [2.45, 2.75) is 0 Å². The number of halogens is 1. The van der Waals surface area contributed by atoms with E-state index in [0.29, 0.717) is 0 Å². The molecule has 108 valence electrons. The van der Waals surface area contributed by atoms with Crippen molar-refractivity contribution in [2.75, 3.05) is 5.32 Å². The lowest BCUT2D eigenvalue weighted by Crippen LogP contribution is -2.18. The summed E-state index contributed by atoms with van der Waals surface area (Å²) >= 11 is 0. The van der Waals surface area contributed by atoms with E-state index in [1.807, 2.05) is 0 Å². The summed E-state index contributed by atoms with van der Waals surface area (Å²) in [5.74, 6) is -1.66. The monoisotopic (exact) mass is 290 g/mol. The van der Waals surface area contributed by atoms with Crippen LogP contribution in [0.4, 0.5) is 10.1 Å². The number of carbonyl (C=O) groups is 1. The van der Waals surface area contributed by atoms with Crippen molar-refractivity contribution in [2.24, 2.45) is 10.9 Å². The predicted octanol–water partition coefficient (Wildman–Crippen LogP) is 0.861. The van der Waals surface area contributed by atoms with Crippen LogP contribution >= 0.6 is 0 Å². The highest BCUT2D eigenvalue weighted by atomic mass is 19.1. The van der Waals surface area contributed by atoms with Crippen LogP contribution in [0.25, 0.3) is 0 Å². The van der Waals surface area contributed by atoms with E-state index in [2.05, 4.69) is 15.5 Å². The van der Waals surface area contributed by atoms with Gasteiger partial charge in [-0.05, 0) is 24.3 Å². The molecule has 2 rings (SSSR count). The van der Waals surface area contributed by atoms with Gasteiger partial charge in [0.1, 0.15) is 5.82 Å². The van der Waals surface area contributed by atoms with Gasteiger partial charge in [0.25, 0.3) is 5.91 Å². The highest BCUT2D eigenvalue weighted by Crippen LogP contribution is 2.15. The van der Waals surface area contributed by atoms with E-state index in [4.69, 9.17) is 10.9 Å². The number of amidine groups is 1. The third kappa shape index (κ3) is 3.24. The maximum atomic E-state index is 13.5. The van der Waals surface area contributed by atoms with Crippen molar-refractivity contribution in [1.82, 2.24) is 4.98 Å². The molecule has 0 saturated carbocycles. The molecule has 1 aromatic heterocycles. The first-order valence-corrected chi connectivity index (χ1v) is 5.79. The molecule has 5 N–H and O–H groups in total. The minimum atomic E-state index is -0.695. The Morgan fingerprint density at radius 3 is 2.76 bits per heavy atom. The molecule has 0 unspecified atom stereocenters. The van der Waals surface area contributed by atoms with Crippen LogP contribution in [0.2, 0.25) is 0 Å². The minimum Gasteiger partial charge on any atom is -0.409 e. The van der Waals surface area contributed by atoms with E-state index in [1.165, 1.54) is 24.4 Å². The second-order valence-electron chi connectivity index (χ2n) is 4.08. The van der Waals surface area contributed by atoms with Crippen LogP contribution in [-0.2, 0) is 0 Å². The zero-order valence-electron chi connectivity index (χ0n) is 10.6. The smallest absolute Gasteiger partial charge is 0.255 e. The van der Waals surface area contributed by atoms with Gasteiger partial charge in [-0.2, -0.15) is 0 Å². The van der Waals surface area contributed by atoms with Gasteiger partial charge in [0.2, 0.25) is 5.56 Å². The zero-order valence-corrected chi connectivity index (χ0v) is 10.6. The maximum Gasteiger partial charge on any atom is 0.255 e. The Morgan fingerprint density at radius 1 is 1.33 bits per heavy atom. The van der Waals surface area contributed by atoms with Gasteiger partial charge in [0, 0.05) is 23.5 Å². The number of anilines is 1. The van der Waals surface area contributed by atoms with E-state index in [1.54, 1.807) is 0 Å². The normalized spacial score (nSPS) is 11.2. The van der Waals surface area contributed by atoms with E-state index >= 15 is 0 Å². The van der Waals surface area contributed by atoms with E-state index in [9.17, 15) is 14.0 Å². The predicted molar refractivity (Wildman–Crippen MR) is 73.9 cm³/mol. The molecule has 0 bridgehead atoms. The summed E-state index contributed by atoms with van der Waals surface area (Å²) in [4.78, 5) is 25.4. The number of carbonyl (C=O) groups excluding carboxylic acids is 1. The van der Waals surface area contributed by atoms with Crippen LogP contribution in [-0.4, -0.2) is 21.9 Å². The second-order valence-corrected chi connectivity index (χ2v) is 4.08. The molecule has 0 fully saturated rings. The molecule has 0 radical (unpaired) electrons. The Labute approximate surface area is 117 Å². The van der Waals surface area contributed by atoms with E-state index < -0.39 is 23.1 Å². The van der Waals surface area contributed by atoms with Crippen LogP contribution in [0.1, 0.15) is 15.9 Å². The first-order chi connectivity index (χ1) is 10.0. The second kappa shape index (κ2) is 5.87. The fourth-order valence-electron chi connectivity index (χ4n) is 1.64. The number of aromatic nitrogens is 1. The van der Waals surface area contributed by atoms with Gasteiger partial charge < -0.3 is 21.2 Å². The van der Waals surface area contributed by atoms with Gasteiger partial charge in [-0.15, -0.1) is 0 Å². The number of nitrogens with one attached hydrogen (secondary N) is 2. The van der Waals surface area contributed by atoms with Gasteiger partial charge in [0.05, 0.1) is 5.56 Å². The number of rotatable bonds is 3. The number of hydrogen-bond donors (Lipinski definition) is 4. The number of oxime groups is 1. The van der Waals surface area contributed by atoms with Gasteiger partial charge in [-0.1, -0.05) is 5.16 Å². The molecule has 1 amide bonds. The molecule has 0 spiro atoms. The molecule has 7 nitrogen and oxygen atoms in total. The number of H-pyrrole nitrogens is 1. The fourth-order valence-corrected chi connectivity index (χ4v) is 1.64. The number of amides is 1. The number of benzene rings is 1. The van der Waals surface area contributed by atoms with Gasteiger partial charge in [-0.25, -0.2) is 4.39 Å². The summed E-state index contributed by atoms with van der Waals surface area (Å²) in [6.45, 7) is 0. The molecule has 1 heterocycles. The lowest BCUT2D eigenvalue weighted by molar-refractivity contribution is 0.102. The van der Waals surface area contributed by atoms with Crippen molar-refractivity contribution < 1.29 is 14.4 Å². The number of aromatic amines is 1. The average molecular weight is 290 g/mol. The highest BCUT2D eigenvalue weighted by Gasteiger charge is 2.11. The van der Waals surface area contributed by atoms with Crippen molar-refractivity contribution >= 4 is 17.4 Å². The van der Waals surface area contributed by atoms with Crippen LogP contribution < -0.4 is 16.6 Å². The van der Waals surface area contributed by atoms with Crippen molar-refractivity contribution in [1.29, 1.82) is 0 Å². The Morgan fingerprint density at radius 2 is 2.10 bits per heavy atom. The SMILES string of the molecule is N/C(=N/O)c1cc(NC(=O)c2cc[nH]c(=O)c2)ccc1F. The summed E-state index contributed by atoms with van der Waals surface area (Å²) in [7, 11) is 0. The molecule has 0 aliphatic heterocycles. The Kier molecular flexibility index (Phi) is 3.98. The molecular weight excluding hydrogens is 279 g/mol. The lowest BCUT2D eigenvalue weighted by Gasteiger charge is -2.07. The van der Waals surface area contributed by atoms with Crippen LogP contribution in [0, 0.1) is 5.82 Å². The molecule has 0 aliphatic carbocycles. The first-order valence-electron chi connectivity index (χ1n) is 5.79. The molecular formula is C13H11FN4O3. The molecule has 0 atom stereocenters. The molecule has 1 aromatic carbocycles. The highest BCUT2D eigenvalue weighted by molar-refractivity contribution is 6.05. The topological polar surface area (TPSA) is 121 Å². The van der Waals surface area contributed by atoms with Crippen LogP contribution in [0.15, 0.2) is 46.5 Å². The molecule has 0 aliphatic rings. The minimum absolute atomic E-state index is 0.147.